The lowest BCUT2D eigenvalue weighted by Gasteiger charge is -2.37. The van der Waals surface area contributed by atoms with Crippen LogP contribution in [0, 0.1) is 12.8 Å². The monoisotopic (exact) mass is 436 g/mol. The van der Waals surface area contributed by atoms with Gasteiger partial charge >= 0.3 is 0 Å². The fourth-order valence-corrected chi connectivity index (χ4v) is 6.30. The van der Waals surface area contributed by atoms with Gasteiger partial charge in [-0.05, 0) is 47.4 Å². The third-order valence-electron chi connectivity index (χ3n) is 6.12. The third kappa shape index (κ3) is 3.59. The van der Waals surface area contributed by atoms with E-state index in [1.54, 1.807) is 22.7 Å². The van der Waals surface area contributed by atoms with Crippen molar-refractivity contribution in [2.24, 2.45) is 5.92 Å². The zero-order valence-corrected chi connectivity index (χ0v) is 18.5. The molecule has 1 fully saturated rings. The second-order valence-electron chi connectivity index (χ2n) is 8.16. The van der Waals surface area contributed by atoms with Gasteiger partial charge in [-0.2, -0.15) is 0 Å². The molecule has 0 N–H and O–H groups in total. The number of thiophene rings is 2. The molecule has 5 rings (SSSR count). The highest BCUT2D eigenvalue weighted by molar-refractivity contribution is 7.10. The highest BCUT2D eigenvalue weighted by Gasteiger charge is 2.41. The third-order valence-corrected chi connectivity index (χ3v) is 8.04. The van der Waals surface area contributed by atoms with Crippen LogP contribution in [0.15, 0.2) is 53.2 Å². The molecule has 2 amide bonds. The average molecular weight is 437 g/mol. The van der Waals surface area contributed by atoms with Crippen molar-refractivity contribution in [3.63, 3.8) is 0 Å². The summed E-state index contributed by atoms with van der Waals surface area (Å²) in [7, 11) is 0. The number of hydrogen-bond donors (Lipinski definition) is 0. The molecule has 4 nitrogen and oxygen atoms in total. The predicted molar refractivity (Wildman–Crippen MR) is 121 cm³/mol. The second kappa shape index (κ2) is 8.00. The Labute approximate surface area is 184 Å². The maximum Gasteiger partial charge on any atom is 0.228 e. The van der Waals surface area contributed by atoms with Crippen molar-refractivity contribution in [1.29, 1.82) is 0 Å². The Morgan fingerprint density at radius 2 is 1.93 bits per heavy atom. The topological polar surface area (TPSA) is 40.6 Å². The summed E-state index contributed by atoms with van der Waals surface area (Å²) in [4.78, 5) is 32.7. The van der Waals surface area contributed by atoms with Crippen LogP contribution in [0.2, 0.25) is 0 Å². The molecule has 2 aliphatic heterocycles. The van der Waals surface area contributed by atoms with E-state index in [4.69, 9.17) is 0 Å². The zero-order valence-electron chi connectivity index (χ0n) is 16.9. The van der Waals surface area contributed by atoms with Gasteiger partial charge in [0.25, 0.3) is 0 Å². The number of aryl methyl sites for hydroxylation is 1. The number of amides is 2. The Morgan fingerprint density at radius 1 is 1.10 bits per heavy atom. The molecular weight excluding hydrogens is 412 g/mol. The van der Waals surface area contributed by atoms with E-state index in [0.29, 0.717) is 19.5 Å². The first kappa shape index (κ1) is 19.5. The van der Waals surface area contributed by atoms with Crippen LogP contribution in [0.25, 0.3) is 0 Å². The van der Waals surface area contributed by atoms with Gasteiger partial charge in [0.2, 0.25) is 11.8 Å². The molecule has 3 aromatic rings. The minimum atomic E-state index is -0.259. The van der Waals surface area contributed by atoms with Gasteiger partial charge in [0.05, 0.1) is 12.0 Å². The number of rotatable bonds is 4. The summed E-state index contributed by atoms with van der Waals surface area (Å²) in [6.45, 7) is 3.86. The summed E-state index contributed by atoms with van der Waals surface area (Å²) in [5.41, 5.74) is 3.57. The smallest absolute Gasteiger partial charge is 0.228 e. The molecule has 2 aliphatic rings. The lowest BCUT2D eigenvalue weighted by atomic mass is 9.96. The number of hydrogen-bond acceptors (Lipinski definition) is 4. The number of fused-ring (bicyclic) bond motifs is 1. The highest BCUT2D eigenvalue weighted by Crippen LogP contribution is 2.40. The molecule has 0 aliphatic carbocycles. The Morgan fingerprint density at radius 3 is 2.70 bits per heavy atom. The Kier molecular flexibility index (Phi) is 5.21. The molecule has 2 aromatic heterocycles. The van der Waals surface area contributed by atoms with Gasteiger partial charge in [0.1, 0.15) is 0 Å². The van der Waals surface area contributed by atoms with E-state index in [1.165, 1.54) is 20.9 Å². The van der Waals surface area contributed by atoms with Crippen LogP contribution in [0.5, 0.6) is 0 Å². The molecule has 2 atom stereocenters. The summed E-state index contributed by atoms with van der Waals surface area (Å²) < 4.78 is 0. The van der Waals surface area contributed by atoms with E-state index in [0.717, 1.165) is 18.5 Å². The van der Waals surface area contributed by atoms with Crippen molar-refractivity contribution in [3.05, 3.63) is 79.7 Å². The van der Waals surface area contributed by atoms with E-state index in [2.05, 4.69) is 54.1 Å². The summed E-state index contributed by atoms with van der Waals surface area (Å²) in [5.74, 6) is -0.0644. The summed E-state index contributed by atoms with van der Waals surface area (Å²) in [6, 6.07) is 14.6. The van der Waals surface area contributed by atoms with Gasteiger partial charge in [-0.3, -0.25) is 9.59 Å². The minimum Gasteiger partial charge on any atom is -0.338 e. The number of benzene rings is 1. The zero-order chi connectivity index (χ0) is 20.7. The predicted octanol–water partition coefficient (Wildman–Crippen LogP) is 4.64. The largest absolute Gasteiger partial charge is 0.338 e. The average Bonchev–Trinajstić information content (AvgIpc) is 3.50. The molecule has 1 saturated heterocycles. The lowest BCUT2D eigenvalue weighted by Crippen LogP contribution is -2.43. The molecular formula is C24H24N2O2S2. The van der Waals surface area contributed by atoms with E-state index in [9.17, 15) is 9.59 Å². The van der Waals surface area contributed by atoms with Crippen LogP contribution in [-0.4, -0.2) is 34.7 Å². The quantitative estimate of drug-likeness (QED) is 0.598. The molecule has 30 heavy (non-hydrogen) atoms. The van der Waals surface area contributed by atoms with Gasteiger partial charge < -0.3 is 9.80 Å². The fourth-order valence-electron chi connectivity index (χ4n) is 4.55. The van der Waals surface area contributed by atoms with Gasteiger partial charge in [0, 0.05) is 35.8 Å². The maximum absolute atomic E-state index is 13.6. The van der Waals surface area contributed by atoms with Crippen molar-refractivity contribution in [3.8, 4) is 0 Å². The summed E-state index contributed by atoms with van der Waals surface area (Å²) in [6.07, 6.45) is 1.21. The number of carbonyl (C=O) groups excluding carboxylic acids is 2. The Bertz CT molecular complexity index is 1060. The Balaban J connectivity index is 1.35. The van der Waals surface area contributed by atoms with Gasteiger partial charge in [-0.25, -0.2) is 0 Å². The van der Waals surface area contributed by atoms with Crippen LogP contribution in [0.4, 0.5) is 0 Å². The van der Waals surface area contributed by atoms with E-state index < -0.39 is 0 Å². The van der Waals surface area contributed by atoms with E-state index in [1.807, 2.05) is 15.9 Å². The molecule has 0 radical (unpaired) electrons. The summed E-state index contributed by atoms with van der Waals surface area (Å²) >= 11 is 3.48. The molecule has 2 unspecified atom stereocenters. The second-order valence-corrected chi connectivity index (χ2v) is 10.1. The highest BCUT2D eigenvalue weighted by atomic mass is 32.1. The first-order chi connectivity index (χ1) is 14.6. The fraction of sp³-hybridized carbons (Fsp3) is 0.333. The SMILES string of the molecule is Cc1ccc(CN2CC(C(=O)N3CCc4sccc4C3c3cccs3)CC2=O)cc1. The van der Waals surface area contributed by atoms with E-state index in [-0.39, 0.29) is 23.8 Å². The minimum absolute atomic E-state index is 0.0197. The van der Waals surface area contributed by atoms with Gasteiger partial charge in [-0.1, -0.05) is 35.9 Å². The first-order valence-corrected chi connectivity index (χ1v) is 12.1. The maximum atomic E-state index is 13.6. The lowest BCUT2D eigenvalue weighted by molar-refractivity contribution is -0.137. The molecule has 0 saturated carbocycles. The van der Waals surface area contributed by atoms with Crippen LogP contribution in [-0.2, 0) is 22.6 Å². The molecule has 0 bridgehead atoms. The first-order valence-electron chi connectivity index (χ1n) is 10.3. The van der Waals surface area contributed by atoms with Crippen molar-refractivity contribution < 1.29 is 9.59 Å². The molecule has 1 aromatic carbocycles. The van der Waals surface area contributed by atoms with Gasteiger partial charge in [-0.15, -0.1) is 22.7 Å². The molecule has 0 spiro atoms. The van der Waals surface area contributed by atoms with Gasteiger partial charge in [0.15, 0.2) is 0 Å². The van der Waals surface area contributed by atoms with Crippen molar-refractivity contribution >= 4 is 34.5 Å². The Hall–Kier alpha value is -2.44. The number of likely N-dealkylation sites (tertiary alicyclic amines) is 1. The number of carbonyl (C=O) groups is 2. The molecule has 6 heteroatoms. The van der Waals surface area contributed by atoms with Crippen LogP contribution >= 0.6 is 22.7 Å². The van der Waals surface area contributed by atoms with E-state index >= 15 is 0 Å². The van der Waals surface area contributed by atoms with Crippen molar-refractivity contribution in [2.75, 3.05) is 13.1 Å². The van der Waals surface area contributed by atoms with Crippen LogP contribution in [0.1, 0.15) is 38.9 Å². The standard InChI is InChI=1S/C24H24N2O2S2/c1-16-4-6-17(7-5-16)14-25-15-18(13-22(25)27)24(28)26-10-8-20-19(9-12-30-20)23(26)21-3-2-11-29-21/h2-7,9,11-12,18,23H,8,10,13-15H2,1H3. The van der Waals surface area contributed by atoms with Crippen LogP contribution in [0.3, 0.4) is 0 Å². The summed E-state index contributed by atoms with van der Waals surface area (Å²) in [5, 5.41) is 4.20. The molecule has 154 valence electrons. The van der Waals surface area contributed by atoms with Crippen LogP contribution < -0.4 is 0 Å². The van der Waals surface area contributed by atoms with Crippen molar-refractivity contribution in [2.45, 2.75) is 32.4 Å². The normalized spacial score (nSPS) is 21.2. The van der Waals surface area contributed by atoms with Crippen molar-refractivity contribution in [1.82, 2.24) is 9.80 Å². The molecule has 4 heterocycles. The number of nitrogens with zero attached hydrogens (tertiary/aromatic N) is 2.